The van der Waals surface area contributed by atoms with Crippen molar-refractivity contribution in [3.05, 3.63) is 35.9 Å². The lowest BCUT2D eigenvalue weighted by atomic mass is 9.99. The van der Waals surface area contributed by atoms with Gasteiger partial charge in [0.15, 0.2) is 5.71 Å². The number of amides is 2. The Morgan fingerprint density at radius 1 is 1.25 bits per heavy atom. The van der Waals surface area contributed by atoms with Gasteiger partial charge in [0.25, 0.3) is 5.91 Å². The maximum absolute atomic E-state index is 12.2. The number of fused-ring (bicyclic) bond motifs is 1. The van der Waals surface area contributed by atoms with E-state index in [4.69, 9.17) is 5.11 Å². The zero-order valence-electron chi connectivity index (χ0n) is 10.3. The van der Waals surface area contributed by atoms with Gasteiger partial charge in [0.1, 0.15) is 12.0 Å². The lowest BCUT2D eigenvalue weighted by Crippen LogP contribution is -2.35. The third-order valence-electron chi connectivity index (χ3n) is 3.42. The molecule has 0 spiro atoms. The summed E-state index contributed by atoms with van der Waals surface area (Å²) in [5.74, 6) is -3.27. The molecule has 1 saturated heterocycles. The topological polar surface area (TPSA) is 99.1 Å². The number of carboxylic acid groups (broad SMARTS) is 1. The van der Waals surface area contributed by atoms with Crippen molar-refractivity contribution in [3.63, 3.8) is 0 Å². The predicted molar refractivity (Wildman–Crippen MR) is 67.5 cm³/mol. The van der Waals surface area contributed by atoms with Crippen LogP contribution in [-0.2, 0) is 20.9 Å². The largest absolute Gasteiger partial charge is 0.477 e. The molecule has 2 unspecified atom stereocenters. The zero-order chi connectivity index (χ0) is 14.3. The molecule has 2 aliphatic heterocycles. The first-order valence-corrected chi connectivity index (χ1v) is 6.05. The molecule has 3 rings (SSSR count). The van der Waals surface area contributed by atoms with Gasteiger partial charge in [-0.25, -0.2) is 4.79 Å². The van der Waals surface area contributed by atoms with Crippen LogP contribution in [0.3, 0.4) is 0 Å². The Morgan fingerprint density at radius 2 is 1.95 bits per heavy atom. The molecule has 1 aromatic carbocycles. The second-order valence-corrected chi connectivity index (χ2v) is 4.63. The monoisotopic (exact) mass is 273 g/mol. The predicted octanol–water partition coefficient (Wildman–Crippen LogP) is -0.416. The molecule has 0 bridgehead atoms. The van der Waals surface area contributed by atoms with Crippen LogP contribution in [0.4, 0.5) is 0 Å². The van der Waals surface area contributed by atoms with Crippen molar-refractivity contribution in [2.45, 2.75) is 12.6 Å². The van der Waals surface area contributed by atoms with E-state index in [2.05, 4.69) is 10.5 Å². The molecule has 0 aliphatic carbocycles. The van der Waals surface area contributed by atoms with Crippen molar-refractivity contribution in [1.82, 2.24) is 10.3 Å². The van der Waals surface area contributed by atoms with Gasteiger partial charge in [-0.15, -0.1) is 0 Å². The fourth-order valence-electron chi connectivity index (χ4n) is 2.45. The average molecular weight is 273 g/mol. The molecule has 2 aliphatic rings. The number of rotatable bonds is 3. The number of likely N-dealkylation sites (tertiary alicyclic amines) is 1. The van der Waals surface area contributed by atoms with Crippen LogP contribution in [0.5, 0.6) is 0 Å². The van der Waals surface area contributed by atoms with Gasteiger partial charge in [0.2, 0.25) is 5.91 Å². The number of carbonyl (C=O) groups excluding carboxylic acids is 2. The second-order valence-electron chi connectivity index (χ2n) is 4.63. The lowest BCUT2D eigenvalue weighted by molar-refractivity contribution is -0.140. The van der Waals surface area contributed by atoms with Crippen LogP contribution in [0, 0.1) is 5.92 Å². The molecule has 2 amide bonds. The van der Waals surface area contributed by atoms with E-state index in [1.165, 1.54) is 0 Å². The number of aliphatic carboxylic acids is 1. The van der Waals surface area contributed by atoms with Crippen LogP contribution < -0.4 is 5.43 Å². The van der Waals surface area contributed by atoms with Gasteiger partial charge in [0.05, 0.1) is 6.54 Å². The van der Waals surface area contributed by atoms with E-state index < -0.39 is 29.7 Å². The number of hydrazone groups is 1. The second kappa shape index (κ2) is 4.44. The van der Waals surface area contributed by atoms with Gasteiger partial charge >= 0.3 is 5.97 Å². The molecule has 1 fully saturated rings. The van der Waals surface area contributed by atoms with Crippen molar-refractivity contribution in [1.29, 1.82) is 0 Å². The number of hydrogen-bond acceptors (Lipinski definition) is 5. The Kier molecular flexibility index (Phi) is 2.74. The number of benzene rings is 1. The van der Waals surface area contributed by atoms with Crippen LogP contribution in [0.2, 0.25) is 0 Å². The quantitative estimate of drug-likeness (QED) is 0.729. The highest BCUT2D eigenvalue weighted by atomic mass is 16.4. The minimum atomic E-state index is -1.28. The van der Waals surface area contributed by atoms with Crippen molar-refractivity contribution in [3.8, 4) is 0 Å². The van der Waals surface area contributed by atoms with Gasteiger partial charge in [-0.1, -0.05) is 30.3 Å². The van der Waals surface area contributed by atoms with E-state index in [0.29, 0.717) is 0 Å². The number of nitrogens with zero attached hydrogens (tertiary/aromatic N) is 2. The summed E-state index contributed by atoms with van der Waals surface area (Å²) in [4.78, 5) is 36.5. The maximum atomic E-state index is 12.2. The van der Waals surface area contributed by atoms with Crippen LogP contribution in [0.25, 0.3) is 0 Å². The van der Waals surface area contributed by atoms with E-state index in [9.17, 15) is 14.4 Å². The number of carbonyl (C=O) groups is 3. The van der Waals surface area contributed by atoms with Gasteiger partial charge in [-0.3, -0.25) is 19.9 Å². The first-order chi connectivity index (χ1) is 9.59. The summed E-state index contributed by atoms with van der Waals surface area (Å²) < 4.78 is 0. The van der Waals surface area contributed by atoms with Gasteiger partial charge in [-0.05, 0) is 5.56 Å². The third kappa shape index (κ3) is 1.75. The molecule has 1 aromatic rings. The molecule has 7 nitrogen and oxygen atoms in total. The highest BCUT2D eigenvalue weighted by Gasteiger charge is 2.54. The summed E-state index contributed by atoms with van der Waals surface area (Å²) in [5, 5.41) is 12.5. The molecule has 2 atom stereocenters. The smallest absolute Gasteiger partial charge is 0.352 e. The molecule has 20 heavy (non-hydrogen) atoms. The van der Waals surface area contributed by atoms with Crippen LogP contribution in [0.15, 0.2) is 35.4 Å². The molecule has 2 heterocycles. The Balaban J connectivity index is 1.86. The molecule has 2 N–H and O–H groups in total. The summed E-state index contributed by atoms with van der Waals surface area (Å²) in [6, 6.07) is 8.16. The van der Waals surface area contributed by atoms with Gasteiger partial charge < -0.3 is 5.11 Å². The highest BCUT2D eigenvalue weighted by molar-refractivity contribution is 6.43. The Bertz CT molecular complexity index is 626. The average Bonchev–Trinajstić information content (AvgIpc) is 2.97. The van der Waals surface area contributed by atoms with Crippen LogP contribution >= 0.6 is 0 Å². The number of hydrogen-bond donors (Lipinski definition) is 2. The Labute approximate surface area is 113 Å². The van der Waals surface area contributed by atoms with Gasteiger partial charge in [-0.2, -0.15) is 5.10 Å². The molecule has 0 aromatic heterocycles. The fraction of sp³-hybridized carbons (Fsp3) is 0.231. The van der Waals surface area contributed by atoms with Crippen molar-refractivity contribution in [2.75, 3.05) is 0 Å². The fourth-order valence-corrected chi connectivity index (χ4v) is 2.45. The van der Waals surface area contributed by atoms with Gasteiger partial charge in [0, 0.05) is 0 Å². The van der Waals surface area contributed by atoms with Crippen LogP contribution in [-0.4, -0.2) is 39.5 Å². The van der Waals surface area contributed by atoms with Crippen molar-refractivity contribution in [2.24, 2.45) is 11.0 Å². The molecule has 102 valence electrons. The van der Waals surface area contributed by atoms with Crippen molar-refractivity contribution < 1.29 is 19.5 Å². The summed E-state index contributed by atoms with van der Waals surface area (Å²) in [6.45, 7) is 0.139. The molecular formula is C13H11N3O4. The Morgan fingerprint density at radius 3 is 2.60 bits per heavy atom. The molecule has 0 radical (unpaired) electrons. The molecule has 0 saturated carbocycles. The Hall–Kier alpha value is -2.70. The minimum Gasteiger partial charge on any atom is -0.477 e. The van der Waals surface area contributed by atoms with E-state index >= 15 is 0 Å². The lowest BCUT2D eigenvalue weighted by Gasteiger charge is -2.15. The van der Waals surface area contributed by atoms with E-state index in [-0.39, 0.29) is 12.3 Å². The minimum absolute atomic E-state index is 0.139. The van der Waals surface area contributed by atoms with E-state index in [0.717, 1.165) is 10.5 Å². The SMILES string of the molecule is O=C(O)C1=NNC2C(=O)N(Cc3ccccc3)C(=O)C12. The highest BCUT2D eigenvalue weighted by Crippen LogP contribution is 2.27. The number of nitrogens with one attached hydrogen (secondary N) is 1. The summed E-state index contributed by atoms with van der Waals surface area (Å²) in [7, 11) is 0. The summed E-state index contributed by atoms with van der Waals surface area (Å²) in [5.41, 5.74) is 2.95. The first-order valence-electron chi connectivity index (χ1n) is 6.05. The zero-order valence-corrected chi connectivity index (χ0v) is 10.3. The normalized spacial score (nSPS) is 24.4. The van der Waals surface area contributed by atoms with Crippen molar-refractivity contribution >= 4 is 23.5 Å². The van der Waals surface area contributed by atoms with E-state index in [1.807, 2.05) is 18.2 Å². The van der Waals surface area contributed by atoms with E-state index in [1.54, 1.807) is 12.1 Å². The standard InChI is InChI=1S/C13H11N3O4/c17-11-8-9(14-15-10(8)13(19)20)12(18)16(11)6-7-4-2-1-3-5-7/h1-5,8-9,14H,6H2,(H,19,20). The first kappa shape index (κ1) is 12.3. The van der Waals surface area contributed by atoms with Crippen LogP contribution in [0.1, 0.15) is 5.56 Å². The molecule has 7 heteroatoms. The number of imide groups is 1. The summed E-state index contributed by atoms with van der Waals surface area (Å²) >= 11 is 0. The third-order valence-corrected chi connectivity index (χ3v) is 3.42. The summed E-state index contributed by atoms with van der Waals surface area (Å²) in [6.07, 6.45) is 0. The molecular weight excluding hydrogens is 262 g/mol. The number of carboxylic acids is 1. The maximum Gasteiger partial charge on any atom is 0.352 e.